The predicted molar refractivity (Wildman–Crippen MR) is 86.3 cm³/mol. The summed E-state index contributed by atoms with van der Waals surface area (Å²) in [5.74, 6) is -0.273. The largest absolute Gasteiger partial charge is 0.389 e. The molecule has 0 spiro atoms. The minimum atomic E-state index is -0.273. The third kappa shape index (κ3) is 4.31. The van der Waals surface area contributed by atoms with Crippen molar-refractivity contribution in [1.29, 1.82) is 0 Å². The zero-order chi connectivity index (χ0) is 15.2. The smallest absolute Gasteiger partial charge is 0.123 e. The fraction of sp³-hybridized carbons (Fsp3) is 0.250. The van der Waals surface area contributed by atoms with Crippen LogP contribution < -0.4 is 5.73 Å². The molecule has 1 heterocycles. The van der Waals surface area contributed by atoms with Gasteiger partial charge < -0.3 is 5.73 Å². The van der Waals surface area contributed by atoms with Gasteiger partial charge in [-0.2, -0.15) is 0 Å². The Balaban J connectivity index is 2.18. The van der Waals surface area contributed by atoms with E-state index in [9.17, 15) is 4.39 Å². The number of hydrogen-bond acceptors (Lipinski definition) is 3. The summed E-state index contributed by atoms with van der Waals surface area (Å²) in [7, 11) is 0. The highest BCUT2D eigenvalue weighted by Crippen LogP contribution is 2.15. The lowest BCUT2D eigenvalue weighted by Gasteiger charge is -2.22. The van der Waals surface area contributed by atoms with E-state index in [1.54, 1.807) is 18.5 Å². The van der Waals surface area contributed by atoms with Gasteiger partial charge in [-0.25, -0.2) is 4.39 Å². The third-order valence-corrected chi connectivity index (χ3v) is 3.55. The van der Waals surface area contributed by atoms with Gasteiger partial charge >= 0.3 is 0 Å². The number of pyridine rings is 1. The van der Waals surface area contributed by atoms with Crippen molar-refractivity contribution in [3.8, 4) is 0 Å². The van der Waals surface area contributed by atoms with Gasteiger partial charge in [0.15, 0.2) is 0 Å². The Hall–Kier alpha value is -1.85. The van der Waals surface area contributed by atoms with Crippen LogP contribution in [-0.2, 0) is 13.1 Å². The monoisotopic (exact) mass is 303 g/mol. The molecule has 0 bridgehead atoms. The second-order valence-electron chi connectivity index (χ2n) is 4.82. The molecule has 3 nitrogen and oxygen atoms in total. The highest BCUT2D eigenvalue weighted by molar-refractivity contribution is 7.80. The number of hydrogen-bond donors (Lipinski definition) is 1. The summed E-state index contributed by atoms with van der Waals surface area (Å²) < 4.78 is 13.5. The quantitative estimate of drug-likeness (QED) is 0.833. The molecule has 110 valence electrons. The molecule has 1 aromatic heterocycles. The first kappa shape index (κ1) is 15.5. The molecule has 0 aliphatic heterocycles. The summed E-state index contributed by atoms with van der Waals surface area (Å²) in [6.45, 7) is 4.28. The van der Waals surface area contributed by atoms with Crippen LogP contribution in [0, 0.1) is 5.82 Å². The molecule has 21 heavy (non-hydrogen) atoms. The lowest BCUT2D eigenvalue weighted by molar-refractivity contribution is 0.271. The maximum absolute atomic E-state index is 13.5. The second kappa shape index (κ2) is 7.24. The van der Waals surface area contributed by atoms with E-state index in [4.69, 9.17) is 18.0 Å². The molecular formula is C16H18FN3S. The number of thiocarbonyl (C=S) groups is 1. The zero-order valence-electron chi connectivity index (χ0n) is 11.9. The summed E-state index contributed by atoms with van der Waals surface area (Å²) in [4.78, 5) is 6.51. The van der Waals surface area contributed by atoms with Gasteiger partial charge in [-0.05, 0) is 48.0 Å². The van der Waals surface area contributed by atoms with Crippen molar-refractivity contribution in [1.82, 2.24) is 9.88 Å². The zero-order valence-corrected chi connectivity index (χ0v) is 12.7. The van der Waals surface area contributed by atoms with Crippen molar-refractivity contribution in [2.75, 3.05) is 6.54 Å². The molecule has 2 rings (SSSR count). The average molecular weight is 303 g/mol. The fourth-order valence-electron chi connectivity index (χ4n) is 2.20. The summed E-state index contributed by atoms with van der Waals surface area (Å²) >= 11 is 5.04. The predicted octanol–water partition coefficient (Wildman–Crippen LogP) is 2.88. The molecule has 0 amide bonds. The van der Waals surface area contributed by atoms with Crippen molar-refractivity contribution >= 4 is 17.2 Å². The van der Waals surface area contributed by atoms with Crippen LogP contribution in [0.1, 0.15) is 23.6 Å². The van der Waals surface area contributed by atoms with Crippen LogP contribution in [0.15, 0.2) is 42.7 Å². The Bertz CT molecular complexity index is 616. The molecule has 0 radical (unpaired) electrons. The number of nitrogens with zero attached hydrogens (tertiary/aromatic N) is 2. The third-order valence-electron chi connectivity index (χ3n) is 3.33. The van der Waals surface area contributed by atoms with Gasteiger partial charge in [0.25, 0.3) is 0 Å². The number of aromatic nitrogens is 1. The molecule has 0 saturated heterocycles. The summed E-state index contributed by atoms with van der Waals surface area (Å²) in [5, 5.41) is 0. The lowest BCUT2D eigenvalue weighted by atomic mass is 10.1. The Morgan fingerprint density at radius 2 is 1.95 bits per heavy atom. The standard InChI is InChI=1S/C16H18FN3S/c1-2-20(10-12-5-7-19-8-6-12)11-13-9-14(17)3-4-15(13)16(18)21/h3-9H,2,10-11H2,1H3,(H2,18,21). The molecule has 0 atom stereocenters. The van der Waals surface area contributed by atoms with E-state index in [0.29, 0.717) is 11.5 Å². The molecule has 0 fully saturated rings. The van der Waals surface area contributed by atoms with Crippen LogP contribution in [0.3, 0.4) is 0 Å². The van der Waals surface area contributed by atoms with Gasteiger partial charge in [-0.3, -0.25) is 9.88 Å². The van der Waals surface area contributed by atoms with Crippen molar-refractivity contribution in [2.24, 2.45) is 5.73 Å². The first-order valence-electron chi connectivity index (χ1n) is 6.79. The Labute approximate surface area is 129 Å². The normalized spacial score (nSPS) is 10.8. The van der Waals surface area contributed by atoms with Crippen LogP contribution in [0.25, 0.3) is 0 Å². The minimum Gasteiger partial charge on any atom is -0.389 e. The SMILES string of the molecule is CCN(Cc1ccncc1)Cc1cc(F)ccc1C(N)=S. The topological polar surface area (TPSA) is 42.2 Å². The number of halogens is 1. The van der Waals surface area contributed by atoms with Crippen LogP contribution >= 0.6 is 12.2 Å². The van der Waals surface area contributed by atoms with E-state index in [0.717, 1.165) is 24.2 Å². The average Bonchev–Trinajstić information content (AvgIpc) is 2.47. The summed E-state index contributed by atoms with van der Waals surface area (Å²) in [6, 6.07) is 8.49. The molecule has 2 aromatic rings. The number of benzene rings is 1. The van der Waals surface area contributed by atoms with Gasteiger partial charge in [-0.1, -0.05) is 19.1 Å². The first-order chi connectivity index (χ1) is 10.1. The summed E-state index contributed by atoms with van der Waals surface area (Å²) in [5.41, 5.74) is 8.44. The van der Waals surface area contributed by atoms with E-state index < -0.39 is 0 Å². The van der Waals surface area contributed by atoms with Crippen LogP contribution in [-0.4, -0.2) is 21.4 Å². The van der Waals surface area contributed by atoms with Crippen molar-refractivity contribution < 1.29 is 4.39 Å². The van der Waals surface area contributed by atoms with Crippen molar-refractivity contribution in [3.05, 3.63) is 65.2 Å². The molecule has 0 unspecified atom stereocenters. The van der Waals surface area contributed by atoms with Gasteiger partial charge in [0.05, 0.1) is 0 Å². The minimum absolute atomic E-state index is 0.273. The summed E-state index contributed by atoms with van der Waals surface area (Å²) in [6.07, 6.45) is 3.54. The van der Waals surface area contributed by atoms with E-state index >= 15 is 0 Å². The van der Waals surface area contributed by atoms with Gasteiger partial charge in [0, 0.05) is 31.0 Å². The molecule has 1 aromatic carbocycles. The first-order valence-corrected chi connectivity index (χ1v) is 7.20. The number of nitrogens with two attached hydrogens (primary N) is 1. The van der Waals surface area contributed by atoms with Gasteiger partial charge in [0.1, 0.15) is 10.8 Å². The maximum atomic E-state index is 13.5. The Morgan fingerprint density at radius 1 is 1.24 bits per heavy atom. The Morgan fingerprint density at radius 3 is 2.57 bits per heavy atom. The molecule has 2 N–H and O–H groups in total. The van der Waals surface area contributed by atoms with Crippen LogP contribution in [0.4, 0.5) is 4.39 Å². The second-order valence-corrected chi connectivity index (χ2v) is 5.26. The molecule has 0 aliphatic carbocycles. The Kier molecular flexibility index (Phi) is 5.36. The highest BCUT2D eigenvalue weighted by Gasteiger charge is 2.11. The van der Waals surface area contributed by atoms with Gasteiger partial charge in [0.2, 0.25) is 0 Å². The fourth-order valence-corrected chi connectivity index (χ4v) is 2.40. The molecule has 0 saturated carbocycles. The van der Waals surface area contributed by atoms with E-state index in [1.165, 1.54) is 17.7 Å². The highest BCUT2D eigenvalue weighted by atomic mass is 32.1. The maximum Gasteiger partial charge on any atom is 0.123 e. The van der Waals surface area contributed by atoms with Crippen molar-refractivity contribution in [2.45, 2.75) is 20.0 Å². The van der Waals surface area contributed by atoms with Crippen LogP contribution in [0.2, 0.25) is 0 Å². The van der Waals surface area contributed by atoms with Crippen LogP contribution in [0.5, 0.6) is 0 Å². The van der Waals surface area contributed by atoms with E-state index in [1.807, 2.05) is 12.1 Å². The van der Waals surface area contributed by atoms with E-state index in [-0.39, 0.29) is 5.82 Å². The van der Waals surface area contributed by atoms with Gasteiger partial charge in [-0.15, -0.1) is 0 Å². The van der Waals surface area contributed by atoms with E-state index in [2.05, 4.69) is 16.8 Å². The lowest BCUT2D eigenvalue weighted by Crippen LogP contribution is -2.24. The molecule has 5 heteroatoms. The van der Waals surface area contributed by atoms with Crippen molar-refractivity contribution in [3.63, 3.8) is 0 Å². The molecule has 0 aliphatic rings. The number of rotatable bonds is 6. The molecular weight excluding hydrogens is 285 g/mol.